The van der Waals surface area contributed by atoms with E-state index >= 15 is 0 Å². The number of carbonyl (C=O) groups excluding carboxylic acids is 2. The van der Waals surface area contributed by atoms with Gasteiger partial charge in [-0.25, -0.2) is 9.82 Å². The lowest BCUT2D eigenvalue weighted by atomic mass is 10.0. The third-order valence-electron chi connectivity index (χ3n) is 3.85. The summed E-state index contributed by atoms with van der Waals surface area (Å²) in [6.07, 6.45) is 3.54. The number of nitrogens with zero attached hydrogens (tertiary/aromatic N) is 1. The molecular formula is C20H22FN3O2S. The van der Waals surface area contributed by atoms with Crippen molar-refractivity contribution >= 4 is 29.8 Å². The molecule has 0 aliphatic carbocycles. The van der Waals surface area contributed by atoms with E-state index in [2.05, 4.69) is 15.8 Å². The number of nitrogens with one attached hydrogen (secondary N) is 2. The van der Waals surface area contributed by atoms with Crippen LogP contribution in [0.3, 0.4) is 0 Å². The number of thioether (sulfide) groups is 1. The van der Waals surface area contributed by atoms with Crippen LogP contribution in [0.15, 0.2) is 58.5 Å². The standard InChI is InChI=1S/C20H22FN3O2S/c1-13(2)18(23-19(25)15-6-8-16(21)9-7-15)20(26)24-22-12-14-4-10-17(27-3)11-5-14/h4-13,18H,1-3H3,(H,23,25)(H,24,26)/b22-12+. The summed E-state index contributed by atoms with van der Waals surface area (Å²) in [5.41, 5.74) is 3.59. The average molecular weight is 387 g/mol. The van der Waals surface area contributed by atoms with E-state index in [1.165, 1.54) is 24.3 Å². The summed E-state index contributed by atoms with van der Waals surface area (Å²) in [5.74, 6) is -1.44. The first-order valence-electron chi connectivity index (χ1n) is 8.44. The van der Waals surface area contributed by atoms with Crippen molar-refractivity contribution < 1.29 is 14.0 Å². The van der Waals surface area contributed by atoms with Crippen LogP contribution in [0.2, 0.25) is 0 Å². The molecule has 0 bridgehead atoms. The number of hydrogen-bond donors (Lipinski definition) is 2. The first-order chi connectivity index (χ1) is 12.9. The van der Waals surface area contributed by atoms with Crippen LogP contribution in [-0.2, 0) is 4.79 Å². The van der Waals surface area contributed by atoms with Gasteiger partial charge in [0.1, 0.15) is 11.9 Å². The molecule has 2 amide bonds. The van der Waals surface area contributed by atoms with Gasteiger partial charge in [0.2, 0.25) is 0 Å². The van der Waals surface area contributed by atoms with Gasteiger partial charge < -0.3 is 5.32 Å². The van der Waals surface area contributed by atoms with E-state index in [4.69, 9.17) is 0 Å². The molecule has 2 N–H and O–H groups in total. The van der Waals surface area contributed by atoms with Crippen molar-refractivity contribution in [2.24, 2.45) is 11.0 Å². The van der Waals surface area contributed by atoms with Crippen LogP contribution < -0.4 is 10.7 Å². The summed E-state index contributed by atoms with van der Waals surface area (Å²) in [4.78, 5) is 25.8. The fraction of sp³-hybridized carbons (Fsp3) is 0.250. The molecule has 7 heteroatoms. The van der Waals surface area contributed by atoms with E-state index in [1.54, 1.807) is 18.0 Å². The summed E-state index contributed by atoms with van der Waals surface area (Å²) < 4.78 is 13.0. The summed E-state index contributed by atoms with van der Waals surface area (Å²) in [6, 6.07) is 12.1. The summed E-state index contributed by atoms with van der Waals surface area (Å²) in [6.45, 7) is 3.64. The number of rotatable bonds is 7. The molecule has 5 nitrogen and oxygen atoms in total. The molecule has 0 spiro atoms. The molecule has 0 aromatic heterocycles. The molecule has 0 aliphatic heterocycles. The van der Waals surface area contributed by atoms with E-state index in [-0.39, 0.29) is 11.5 Å². The first kappa shape index (κ1) is 20.6. The van der Waals surface area contributed by atoms with E-state index in [0.29, 0.717) is 0 Å². The van der Waals surface area contributed by atoms with E-state index in [9.17, 15) is 14.0 Å². The highest BCUT2D eigenvalue weighted by molar-refractivity contribution is 7.98. The fourth-order valence-electron chi connectivity index (χ4n) is 2.29. The van der Waals surface area contributed by atoms with Crippen molar-refractivity contribution in [2.75, 3.05) is 6.26 Å². The van der Waals surface area contributed by atoms with Gasteiger partial charge >= 0.3 is 0 Å². The maximum atomic E-state index is 13.0. The maximum Gasteiger partial charge on any atom is 0.262 e. The zero-order valence-electron chi connectivity index (χ0n) is 15.4. The second-order valence-electron chi connectivity index (χ2n) is 6.21. The smallest absolute Gasteiger partial charge is 0.262 e. The lowest BCUT2D eigenvalue weighted by Crippen LogP contribution is -2.48. The van der Waals surface area contributed by atoms with Crippen molar-refractivity contribution in [1.82, 2.24) is 10.7 Å². The number of hydrogen-bond acceptors (Lipinski definition) is 4. The van der Waals surface area contributed by atoms with Gasteiger partial charge in [-0.1, -0.05) is 26.0 Å². The van der Waals surface area contributed by atoms with E-state index in [1.807, 2.05) is 44.4 Å². The Bertz CT molecular complexity index is 805. The maximum absolute atomic E-state index is 13.0. The second-order valence-corrected chi connectivity index (χ2v) is 7.09. The van der Waals surface area contributed by atoms with Crippen LogP contribution in [0.4, 0.5) is 4.39 Å². The molecule has 2 aromatic rings. The summed E-state index contributed by atoms with van der Waals surface area (Å²) in [7, 11) is 0. The molecule has 2 aromatic carbocycles. The minimum atomic E-state index is -0.765. The Hall–Kier alpha value is -2.67. The van der Waals surface area contributed by atoms with Gasteiger partial charge in [-0.2, -0.15) is 5.10 Å². The van der Waals surface area contributed by atoms with E-state index < -0.39 is 23.7 Å². The lowest BCUT2D eigenvalue weighted by Gasteiger charge is -2.20. The Labute approximate surface area is 162 Å². The van der Waals surface area contributed by atoms with Gasteiger partial charge in [0.25, 0.3) is 11.8 Å². The molecule has 0 heterocycles. The third kappa shape index (κ3) is 6.21. The molecule has 142 valence electrons. The van der Waals surface area contributed by atoms with Crippen molar-refractivity contribution in [3.63, 3.8) is 0 Å². The number of halogens is 1. The van der Waals surface area contributed by atoms with Crippen molar-refractivity contribution in [3.05, 3.63) is 65.5 Å². The van der Waals surface area contributed by atoms with Crippen LogP contribution in [0.5, 0.6) is 0 Å². The fourth-order valence-corrected chi connectivity index (χ4v) is 2.70. The number of hydrazone groups is 1. The molecule has 0 aliphatic rings. The van der Waals surface area contributed by atoms with Crippen LogP contribution in [0, 0.1) is 11.7 Å². The minimum absolute atomic E-state index is 0.148. The van der Waals surface area contributed by atoms with Crippen molar-refractivity contribution in [3.8, 4) is 0 Å². The first-order valence-corrected chi connectivity index (χ1v) is 9.66. The SMILES string of the molecule is CSc1ccc(/C=N/NC(=O)C(NC(=O)c2ccc(F)cc2)C(C)C)cc1. The predicted octanol–water partition coefficient (Wildman–Crippen LogP) is 3.45. The highest BCUT2D eigenvalue weighted by Gasteiger charge is 2.24. The average Bonchev–Trinajstić information content (AvgIpc) is 2.66. The Morgan fingerprint density at radius 3 is 2.26 bits per heavy atom. The van der Waals surface area contributed by atoms with Gasteiger partial charge in [0, 0.05) is 10.5 Å². The van der Waals surface area contributed by atoms with Crippen LogP contribution in [0.25, 0.3) is 0 Å². The third-order valence-corrected chi connectivity index (χ3v) is 4.59. The Morgan fingerprint density at radius 1 is 1.07 bits per heavy atom. The quantitative estimate of drug-likeness (QED) is 0.434. The molecule has 0 fully saturated rings. The van der Waals surface area contributed by atoms with Gasteiger partial charge in [0.05, 0.1) is 6.21 Å². The van der Waals surface area contributed by atoms with Gasteiger partial charge in [-0.05, 0) is 54.1 Å². The zero-order valence-corrected chi connectivity index (χ0v) is 16.2. The lowest BCUT2D eigenvalue weighted by molar-refractivity contribution is -0.123. The molecule has 0 saturated heterocycles. The van der Waals surface area contributed by atoms with Gasteiger partial charge in [-0.15, -0.1) is 11.8 Å². The van der Waals surface area contributed by atoms with E-state index in [0.717, 1.165) is 10.5 Å². The molecule has 2 rings (SSSR count). The van der Waals surface area contributed by atoms with Crippen LogP contribution >= 0.6 is 11.8 Å². The van der Waals surface area contributed by atoms with Gasteiger partial charge in [0.15, 0.2) is 0 Å². The Kier molecular flexibility index (Phi) is 7.55. The van der Waals surface area contributed by atoms with Crippen LogP contribution in [-0.4, -0.2) is 30.3 Å². The second kappa shape index (κ2) is 9.87. The number of benzene rings is 2. The zero-order chi connectivity index (χ0) is 19.8. The molecule has 1 atom stereocenters. The minimum Gasteiger partial charge on any atom is -0.340 e. The topological polar surface area (TPSA) is 70.6 Å². The molecule has 0 saturated carbocycles. The molecule has 1 unspecified atom stereocenters. The van der Waals surface area contributed by atoms with Crippen molar-refractivity contribution in [2.45, 2.75) is 24.8 Å². The Morgan fingerprint density at radius 2 is 1.70 bits per heavy atom. The summed E-state index contributed by atoms with van der Waals surface area (Å²) >= 11 is 1.64. The highest BCUT2D eigenvalue weighted by Crippen LogP contribution is 2.14. The number of amides is 2. The van der Waals surface area contributed by atoms with Gasteiger partial charge in [-0.3, -0.25) is 9.59 Å². The normalized spacial score (nSPS) is 12.2. The molecule has 0 radical (unpaired) electrons. The molecule has 27 heavy (non-hydrogen) atoms. The predicted molar refractivity (Wildman–Crippen MR) is 106 cm³/mol. The number of carbonyl (C=O) groups is 2. The molecular weight excluding hydrogens is 365 g/mol. The monoisotopic (exact) mass is 387 g/mol. The Balaban J connectivity index is 1.98. The largest absolute Gasteiger partial charge is 0.340 e. The van der Waals surface area contributed by atoms with Crippen molar-refractivity contribution in [1.29, 1.82) is 0 Å². The highest BCUT2D eigenvalue weighted by atomic mass is 32.2. The van der Waals surface area contributed by atoms with Crippen LogP contribution in [0.1, 0.15) is 29.8 Å². The summed E-state index contributed by atoms with van der Waals surface area (Å²) in [5, 5.41) is 6.63.